The molecule has 1 fully saturated rings. The standard InChI is InChI=1S/C22H23NO3S/c1-4-16(3)26-19-12-8-7-10-17(19)13-20-21(24)23(22(25)27-20)14-18-11-6-5-9-15(18)2/h5-13,16H,4,14H2,1-3H3/b20-13-. The van der Waals surface area contributed by atoms with Gasteiger partial charge in [0.25, 0.3) is 11.1 Å². The Bertz CT molecular complexity index is 891. The van der Waals surface area contributed by atoms with Crippen LogP contribution in [0, 0.1) is 6.92 Å². The molecule has 0 N–H and O–H groups in total. The van der Waals surface area contributed by atoms with Gasteiger partial charge in [-0.25, -0.2) is 0 Å². The van der Waals surface area contributed by atoms with Crippen molar-refractivity contribution in [2.45, 2.75) is 39.8 Å². The summed E-state index contributed by atoms with van der Waals surface area (Å²) in [7, 11) is 0. The van der Waals surface area contributed by atoms with Gasteiger partial charge in [0.1, 0.15) is 5.75 Å². The van der Waals surface area contributed by atoms with Crippen LogP contribution in [0.15, 0.2) is 53.4 Å². The van der Waals surface area contributed by atoms with Crippen LogP contribution in [0.4, 0.5) is 4.79 Å². The van der Waals surface area contributed by atoms with Gasteiger partial charge in [-0.1, -0.05) is 49.4 Å². The summed E-state index contributed by atoms with van der Waals surface area (Å²) in [5, 5.41) is -0.241. The number of aryl methyl sites for hydroxylation is 1. The molecule has 1 aliphatic heterocycles. The van der Waals surface area contributed by atoms with Crippen LogP contribution in [0.25, 0.3) is 6.08 Å². The maximum absolute atomic E-state index is 12.8. The maximum atomic E-state index is 12.8. The molecule has 2 amide bonds. The molecule has 1 unspecified atom stereocenters. The molecule has 1 aliphatic rings. The summed E-state index contributed by atoms with van der Waals surface area (Å²) < 4.78 is 5.94. The van der Waals surface area contributed by atoms with E-state index in [1.807, 2.05) is 62.4 Å². The molecule has 5 heteroatoms. The van der Waals surface area contributed by atoms with Crippen molar-refractivity contribution in [3.05, 3.63) is 70.1 Å². The summed E-state index contributed by atoms with van der Waals surface area (Å²) >= 11 is 0.978. The van der Waals surface area contributed by atoms with Crippen LogP contribution >= 0.6 is 11.8 Å². The number of ether oxygens (including phenoxy) is 1. The molecule has 0 aliphatic carbocycles. The van der Waals surface area contributed by atoms with E-state index in [0.717, 1.165) is 40.6 Å². The number of hydrogen-bond acceptors (Lipinski definition) is 4. The topological polar surface area (TPSA) is 46.6 Å². The molecular weight excluding hydrogens is 358 g/mol. The number of carbonyl (C=O) groups is 2. The van der Waals surface area contributed by atoms with Gasteiger partial charge in [0.05, 0.1) is 17.6 Å². The fraction of sp³-hybridized carbons (Fsp3) is 0.273. The third-order valence-corrected chi connectivity index (χ3v) is 5.48. The highest BCUT2D eigenvalue weighted by Gasteiger charge is 2.35. The lowest BCUT2D eigenvalue weighted by atomic mass is 10.1. The van der Waals surface area contributed by atoms with E-state index in [-0.39, 0.29) is 17.3 Å². The SMILES string of the molecule is CCC(C)Oc1ccccc1/C=C1\SC(=O)N(Cc2ccccc2C)C1=O. The van der Waals surface area contributed by atoms with Crippen molar-refractivity contribution in [3.8, 4) is 5.75 Å². The molecule has 2 aromatic rings. The van der Waals surface area contributed by atoms with Gasteiger partial charge in [0, 0.05) is 5.56 Å². The molecule has 3 rings (SSSR count). The van der Waals surface area contributed by atoms with Gasteiger partial charge in [-0.2, -0.15) is 0 Å². The van der Waals surface area contributed by atoms with Crippen molar-refractivity contribution in [1.29, 1.82) is 0 Å². The number of nitrogens with zero attached hydrogens (tertiary/aromatic N) is 1. The van der Waals surface area contributed by atoms with Gasteiger partial charge >= 0.3 is 0 Å². The second kappa shape index (κ2) is 8.44. The van der Waals surface area contributed by atoms with Crippen molar-refractivity contribution in [2.24, 2.45) is 0 Å². The molecule has 0 bridgehead atoms. The van der Waals surface area contributed by atoms with Crippen molar-refractivity contribution >= 4 is 29.0 Å². The Hall–Kier alpha value is -2.53. The van der Waals surface area contributed by atoms with Gasteiger partial charge in [0.2, 0.25) is 0 Å². The Morgan fingerprint density at radius 2 is 1.81 bits per heavy atom. The van der Waals surface area contributed by atoms with Crippen molar-refractivity contribution in [3.63, 3.8) is 0 Å². The number of para-hydroxylation sites is 1. The average Bonchev–Trinajstić information content (AvgIpc) is 2.92. The second-order valence-corrected chi connectivity index (χ2v) is 7.56. The van der Waals surface area contributed by atoms with Crippen LogP contribution in [0.1, 0.15) is 37.0 Å². The van der Waals surface area contributed by atoms with Gasteiger partial charge in [0.15, 0.2) is 0 Å². The predicted molar refractivity (Wildman–Crippen MR) is 110 cm³/mol. The minimum Gasteiger partial charge on any atom is -0.490 e. The summed E-state index contributed by atoms with van der Waals surface area (Å²) in [6.45, 7) is 6.34. The van der Waals surface area contributed by atoms with E-state index in [2.05, 4.69) is 6.92 Å². The van der Waals surface area contributed by atoms with Gasteiger partial charge < -0.3 is 4.74 Å². The zero-order valence-electron chi connectivity index (χ0n) is 15.8. The van der Waals surface area contributed by atoms with Crippen LogP contribution in [-0.2, 0) is 11.3 Å². The van der Waals surface area contributed by atoms with Crippen LogP contribution in [-0.4, -0.2) is 22.2 Å². The highest BCUT2D eigenvalue weighted by atomic mass is 32.2. The largest absolute Gasteiger partial charge is 0.490 e. The van der Waals surface area contributed by atoms with Crippen molar-refractivity contribution < 1.29 is 14.3 Å². The Balaban J connectivity index is 1.84. The molecule has 0 aromatic heterocycles. The summed E-state index contributed by atoms with van der Waals surface area (Å²) in [6, 6.07) is 15.4. The van der Waals surface area contributed by atoms with Crippen molar-refractivity contribution in [2.75, 3.05) is 0 Å². The molecule has 1 atom stereocenters. The van der Waals surface area contributed by atoms with Gasteiger partial charge in [-0.3, -0.25) is 14.5 Å². The summed E-state index contributed by atoms with van der Waals surface area (Å²) in [6.07, 6.45) is 2.72. The minimum atomic E-state index is -0.258. The predicted octanol–water partition coefficient (Wildman–Crippen LogP) is 5.41. The summed E-state index contributed by atoms with van der Waals surface area (Å²) in [4.78, 5) is 26.9. The van der Waals surface area contributed by atoms with E-state index < -0.39 is 0 Å². The lowest BCUT2D eigenvalue weighted by molar-refractivity contribution is -0.123. The fourth-order valence-electron chi connectivity index (χ4n) is 2.74. The minimum absolute atomic E-state index is 0.0793. The first kappa shape index (κ1) is 19.2. The van der Waals surface area contributed by atoms with E-state index in [1.165, 1.54) is 4.90 Å². The van der Waals surface area contributed by atoms with Crippen LogP contribution < -0.4 is 4.74 Å². The Kier molecular flexibility index (Phi) is 6.01. The number of thioether (sulfide) groups is 1. The smallest absolute Gasteiger partial charge is 0.293 e. The lowest BCUT2D eigenvalue weighted by Crippen LogP contribution is -2.27. The maximum Gasteiger partial charge on any atom is 0.293 e. The number of imide groups is 1. The first-order chi connectivity index (χ1) is 13.0. The van der Waals surface area contributed by atoms with Crippen LogP contribution in [0.3, 0.4) is 0 Å². The number of amides is 2. The molecule has 0 saturated carbocycles. The van der Waals surface area contributed by atoms with Gasteiger partial charge in [-0.05, 0) is 55.3 Å². The fourth-order valence-corrected chi connectivity index (χ4v) is 3.57. The third-order valence-electron chi connectivity index (χ3n) is 4.57. The number of benzene rings is 2. The number of rotatable bonds is 6. The summed E-state index contributed by atoms with van der Waals surface area (Å²) in [5.74, 6) is 0.462. The molecule has 1 heterocycles. The molecule has 0 radical (unpaired) electrons. The zero-order chi connectivity index (χ0) is 19.4. The summed E-state index contributed by atoms with van der Waals surface area (Å²) in [5.41, 5.74) is 2.84. The molecule has 27 heavy (non-hydrogen) atoms. The first-order valence-corrected chi connectivity index (χ1v) is 9.86. The highest BCUT2D eigenvalue weighted by Crippen LogP contribution is 2.35. The van der Waals surface area contributed by atoms with E-state index in [4.69, 9.17) is 4.74 Å². The zero-order valence-corrected chi connectivity index (χ0v) is 16.6. The normalized spacial score (nSPS) is 16.9. The second-order valence-electron chi connectivity index (χ2n) is 6.57. The molecule has 1 saturated heterocycles. The molecule has 2 aromatic carbocycles. The molecule has 0 spiro atoms. The monoisotopic (exact) mass is 381 g/mol. The van der Waals surface area contributed by atoms with Crippen LogP contribution in [0.5, 0.6) is 5.75 Å². The Labute approximate surface area is 164 Å². The Morgan fingerprint density at radius 1 is 1.11 bits per heavy atom. The van der Waals surface area contributed by atoms with Gasteiger partial charge in [-0.15, -0.1) is 0 Å². The molecular formula is C22H23NO3S. The van der Waals surface area contributed by atoms with E-state index in [9.17, 15) is 9.59 Å². The van der Waals surface area contributed by atoms with Crippen molar-refractivity contribution in [1.82, 2.24) is 4.90 Å². The van der Waals surface area contributed by atoms with Crippen LogP contribution in [0.2, 0.25) is 0 Å². The van der Waals surface area contributed by atoms with E-state index in [1.54, 1.807) is 6.08 Å². The number of carbonyl (C=O) groups excluding carboxylic acids is 2. The quantitative estimate of drug-likeness (QED) is 0.628. The molecule has 4 nitrogen and oxygen atoms in total. The lowest BCUT2D eigenvalue weighted by Gasteiger charge is -2.15. The third kappa shape index (κ3) is 4.42. The van der Waals surface area contributed by atoms with E-state index >= 15 is 0 Å². The highest BCUT2D eigenvalue weighted by molar-refractivity contribution is 8.18. The van der Waals surface area contributed by atoms with E-state index in [0.29, 0.717) is 11.4 Å². The number of hydrogen-bond donors (Lipinski definition) is 0. The molecule has 140 valence electrons. The Morgan fingerprint density at radius 3 is 2.56 bits per heavy atom. The average molecular weight is 381 g/mol. The first-order valence-electron chi connectivity index (χ1n) is 9.05.